The molecule has 0 saturated heterocycles. The van der Waals surface area contributed by atoms with Gasteiger partial charge in [-0.25, -0.2) is 0 Å². The molecule has 3 heteroatoms. The molecule has 0 aromatic rings. The van der Waals surface area contributed by atoms with Crippen molar-refractivity contribution < 1.29 is 4.43 Å². The van der Waals surface area contributed by atoms with Gasteiger partial charge in [0.25, 0.3) is 0 Å². The molecule has 0 spiro atoms. The van der Waals surface area contributed by atoms with Gasteiger partial charge in [-0.3, -0.25) is 0 Å². The molecule has 0 heterocycles. The number of hydrogen-bond donors (Lipinski definition) is 0. The second-order valence-corrected chi connectivity index (χ2v) is 6.41. The average Bonchev–Trinajstić information content (AvgIpc) is 1.66. The molecule has 0 aromatic heterocycles. The molecular weight excluding hydrogens is 132 g/mol. The Morgan fingerprint density at radius 2 is 2.12 bits per heavy atom. The fourth-order valence-electron chi connectivity index (χ4n) is 0.463. The zero-order chi connectivity index (χ0) is 6.41. The van der Waals surface area contributed by atoms with E-state index in [2.05, 4.69) is 19.6 Å². The van der Waals surface area contributed by atoms with Gasteiger partial charge in [-0.1, -0.05) is 6.55 Å². The minimum Gasteiger partial charge on any atom is -0.421 e. The lowest BCUT2D eigenvalue weighted by atomic mass is 10.9. The van der Waals surface area contributed by atoms with Gasteiger partial charge in [-0.2, -0.15) is 0 Å². The van der Waals surface area contributed by atoms with Crippen molar-refractivity contribution in [2.45, 2.75) is 25.7 Å². The molecule has 0 saturated carbocycles. The Balaban J connectivity index is 2.72. The first-order valence-electron chi connectivity index (χ1n) is 3.39. The van der Waals surface area contributed by atoms with Gasteiger partial charge >= 0.3 is 0 Å². The largest absolute Gasteiger partial charge is 0.421 e. The van der Waals surface area contributed by atoms with Crippen LogP contribution in [0.3, 0.4) is 0 Å². The Bertz CT molecular complexity index is 47.7. The molecule has 0 amide bonds. The number of rotatable bonds is 4. The van der Waals surface area contributed by atoms with Gasteiger partial charge in [-0.05, 0) is 19.1 Å². The van der Waals surface area contributed by atoms with Gasteiger partial charge < -0.3 is 4.43 Å². The molecule has 0 unspecified atom stereocenters. The topological polar surface area (TPSA) is 9.23 Å². The zero-order valence-corrected chi connectivity index (χ0v) is 8.68. The summed E-state index contributed by atoms with van der Waals surface area (Å²) in [6.45, 7) is 7.81. The highest BCUT2D eigenvalue weighted by atomic mass is 28.3. The van der Waals surface area contributed by atoms with Crippen molar-refractivity contribution in [2.24, 2.45) is 0 Å². The van der Waals surface area contributed by atoms with Crippen molar-refractivity contribution in [1.82, 2.24) is 0 Å². The number of hydrogen-bond acceptors (Lipinski definition) is 1. The lowest BCUT2D eigenvalue weighted by Gasteiger charge is -2.03. The second-order valence-electron chi connectivity index (χ2n) is 2.27. The average molecular weight is 148 g/mol. The summed E-state index contributed by atoms with van der Waals surface area (Å²) in [6.07, 6.45) is 0. The van der Waals surface area contributed by atoms with Crippen LogP contribution in [0.2, 0.25) is 25.7 Å². The van der Waals surface area contributed by atoms with Gasteiger partial charge in [0.1, 0.15) is 0 Å². The maximum Gasteiger partial charge on any atom is 0.170 e. The molecule has 0 fully saturated rings. The maximum absolute atomic E-state index is 5.46. The Kier molecular flexibility index (Phi) is 5.80. The summed E-state index contributed by atoms with van der Waals surface area (Å²) in [7, 11) is -0.412. The molecule has 0 aliphatic carbocycles. The maximum atomic E-state index is 5.46. The third-order valence-corrected chi connectivity index (χ3v) is 2.85. The minimum atomic E-state index is -0.680. The zero-order valence-electron chi connectivity index (χ0n) is 6.11. The van der Waals surface area contributed by atoms with Gasteiger partial charge in [0.15, 0.2) is 9.04 Å². The Hall–Kier alpha value is 0.394. The van der Waals surface area contributed by atoms with Crippen molar-refractivity contribution in [3.8, 4) is 0 Å². The highest BCUT2D eigenvalue weighted by Crippen LogP contribution is 1.86. The summed E-state index contributed by atoms with van der Waals surface area (Å²) in [5, 5.41) is 0. The van der Waals surface area contributed by atoms with Crippen LogP contribution in [-0.2, 0) is 4.43 Å². The molecule has 0 N–H and O–H groups in total. The Morgan fingerprint density at radius 3 is 2.50 bits per heavy atom. The predicted molar refractivity (Wildman–Crippen MR) is 44.0 cm³/mol. The van der Waals surface area contributed by atoms with Gasteiger partial charge in [0.05, 0.1) is 0 Å². The van der Waals surface area contributed by atoms with E-state index in [1.54, 1.807) is 0 Å². The van der Waals surface area contributed by atoms with Crippen LogP contribution < -0.4 is 0 Å². The van der Waals surface area contributed by atoms with Crippen LogP contribution in [0.15, 0.2) is 0 Å². The summed E-state index contributed by atoms with van der Waals surface area (Å²) in [5.41, 5.74) is 0. The molecule has 0 bridgehead atoms. The van der Waals surface area contributed by atoms with Crippen LogP contribution in [0.4, 0.5) is 0 Å². The van der Waals surface area contributed by atoms with Crippen LogP contribution in [0.1, 0.15) is 0 Å². The van der Waals surface area contributed by atoms with Gasteiger partial charge in [-0.15, -0.1) is 0 Å². The summed E-state index contributed by atoms with van der Waals surface area (Å²) in [5.74, 6) is 0. The first-order valence-corrected chi connectivity index (χ1v) is 8.58. The monoisotopic (exact) mass is 148 g/mol. The van der Waals surface area contributed by atoms with Crippen LogP contribution in [0, 0.1) is 0 Å². The lowest BCUT2D eigenvalue weighted by Crippen LogP contribution is -2.08. The van der Waals surface area contributed by atoms with E-state index in [4.69, 9.17) is 4.43 Å². The van der Waals surface area contributed by atoms with Crippen molar-refractivity contribution in [1.29, 1.82) is 0 Å². The SMILES string of the molecule is C[SiH2]CCO[SiH](C)C. The standard InChI is InChI=1S/C5H16OSi2/c1-7-5-4-6-8(2)3/h8H,4-5,7H2,1-3H3. The third kappa shape index (κ3) is 6.39. The second kappa shape index (κ2) is 5.53. The van der Waals surface area contributed by atoms with E-state index in [0.29, 0.717) is 0 Å². The summed E-state index contributed by atoms with van der Waals surface area (Å²) in [4.78, 5) is 0. The smallest absolute Gasteiger partial charge is 0.170 e. The Morgan fingerprint density at radius 1 is 1.50 bits per heavy atom. The summed E-state index contributed by atoms with van der Waals surface area (Å²) >= 11 is 0. The fraction of sp³-hybridized carbons (Fsp3) is 1.00. The van der Waals surface area contributed by atoms with Gasteiger partial charge in [0, 0.05) is 16.1 Å². The van der Waals surface area contributed by atoms with Crippen molar-refractivity contribution in [2.75, 3.05) is 6.61 Å². The highest BCUT2D eigenvalue weighted by Gasteiger charge is 1.91. The van der Waals surface area contributed by atoms with E-state index in [0.717, 1.165) is 6.61 Å². The van der Waals surface area contributed by atoms with Crippen molar-refractivity contribution in [3.63, 3.8) is 0 Å². The molecule has 8 heavy (non-hydrogen) atoms. The van der Waals surface area contributed by atoms with Crippen molar-refractivity contribution >= 4 is 18.6 Å². The fourth-order valence-corrected chi connectivity index (χ4v) is 1.89. The molecule has 0 rings (SSSR count). The van der Waals surface area contributed by atoms with Gasteiger partial charge in [0.2, 0.25) is 0 Å². The van der Waals surface area contributed by atoms with E-state index in [-0.39, 0.29) is 9.52 Å². The summed E-state index contributed by atoms with van der Waals surface area (Å²) < 4.78 is 5.46. The van der Waals surface area contributed by atoms with E-state index in [1.165, 1.54) is 6.04 Å². The normalized spacial score (nSPS) is 12.0. The molecule has 0 radical (unpaired) electrons. The quantitative estimate of drug-likeness (QED) is 0.419. The molecule has 1 nitrogen and oxygen atoms in total. The molecule has 0 atom stereocenters. The van der Waals surface area contributed by atoms with Crippen LogP contribution in [-0.4, -0.2) is 25.2 Å². The van der Waals surface area contributed by atoms with Crippen LogP contribution in [0.5, 0.6) is 0 Å². The van der Waals surface area contributed by atoms with E-state index >= 15 is 0 Å². The van der Waals surface area contributed by atoms with E-state index < -0.39 is 9.04 Å². The third-order valence-electron chi connectivity index (χ3n) is 0.949. The minimum absolute atomic E-state index is 0.268. The first kappa shape index (κ1) is 8.39. The predicted octanol–water partition coefficient (Wildman–Crippen LogP) is 0.622. The van der Waals surface area contributed by atoms with Crippen LogP contribution >= 0.6 is 0 Å². The lowest BCUT2D eigenvalue weighted by molar-refractivity contribution is 0.350. The molecule has 0 aliphatic heterocycles. The first-order chi connectivity index (χ1) is 3.77. The molecular formula is C5H16OSi2. The Labute approximate surface area is 56.0 Å². The summed E-state index contributed by atoms with van der Waals surface area (Å²) in [6, 6.07) is 1.37. The van der Waals surface area contributed by atoms with E-state index in [9.17, 15) is 0 Å². The molecule has 0 aromatic carbocycles. The molecule has 50 valence electrons. The molecule has 0 aliphatic rings. The highest BCUT2D eigenvalue weighted by molar-refractivity contribution is 6.48. The van der Waals surface area contributed by atoms with Crippen molar-refractivity contribution in [3.05, 3.63) is 0 Å². The van der Waals surface area contributed by atoms with E-state index in [1.807, 2.05) is 0 Å². The van der Waals surface area contributed by atoms with Crippen LogP contribution in [0.25, 0.3) is 0 Å².